The molecule has 2 aliphatic rings. The Labute approximate surface area is 240 Å². The summed E-state index contributed by atoms with van der Waals surface area (Å²) in [5.74, 6) is 0. The maximum atomic E-state index is 13.2. The van der Waals surface area contributed by atoms with Gasteiger partial charge in [0.1, 0.15) is 25.7 Å². The quantitative estimate of drug-likeness (QED) is 0.120. The molecule has 1 N–H and O–H groups in total. The van der Waals surface area contributed by atoms with Gasteiger partial charge in [0.05, 0.1) is 31.5 Å². The van der Waals surface area contributed by atoms with Gasteiger partial charge in [0.2, 0.25) is 0 Å². The Morgan fingerprint density at radius 1 is 1.22 bits per heavy atom. The molecule has 0 saturated carbocycles. The Hall–Kier alpha value is 0.504. The van der Waals surface area contributed by atoms with Gasteiger partial charge >= 0.3 is 13.3 Å². The van der Waals surface area contributed by atoms with Crippen LogP contribution < -0.4 is 11.2 Å². The first-order valence-corrected chi connectivity index (χ1v) is 17.5. The van der Waals surface area contributed by atoms with Crippen molar-refractivity contribution in [1.82, 2.24) is 9.55 Å². The fourth-order valence-electron chi connectivity index (χ4n) is 3.86. The average Bonchev–Trinajstić information content (AvgIpc) is 3.30. The summed E-state index contributed by atoms with van der Waals surface area (Å²) in [7, 11) is 2.36. The van der Waals surface area contributed by atoms with Crippen molar-refractivity contribution in [3.8, 4) is 0 Å². The van der Waals surface area contributed by atoms with Crippen molar-refractivity contribution in [3.05, 3.63) is 39.5 Å². The molecule has 0 amide bonds. The van der Waals surface area contributed by atoms with E-state index in [0.717, 1.165) is 0 Å². The molecule has 0 bridgehead atoms. The van der Waals surface area contributed by atoms with E-state index in [1.807, 2.05) is 6.92 Å². The fourth-order valence-corrected chi connectivity index (χ4v) is 7.72. The van der Waals surface area contributed by atoms with Crippen molar-refractivity contribution in [2.75, 3.05) is 31.0 Å². The molecule has 17 heteroatoms. The van der Waals surface area contributed by atoms with Crippen LogP contribution >= 0.6 is 36.7 Å². The van der Waals surface area contributed by atoms with Crippen LogP contribution in [-0.2, 0) is 61.0 Å². The maximum absolute atomic E-state index is 13.2. The molecule has 8 unspecified atom stereocenters. The molecule has 11 nitrogen and oxygen atoms in total. The van der Waals surface area contributed by atoms with E-state index in [-0.39, 0.29) is 35.7 Å². The van der Waals surface area contributed by atoms with E-state index >= 15 is 0 Å². The zero-order chi connectivity index (χ0) is 26.0. The second-order valence-electron chi connectivity index (χ2n) is 8.33. The van der Waals surface area contributed by atoms with Crippen molar-refractivity contribution in [3.63, 3.8) is 0 Å². The molecule has 2 saturated heterocycles. The molecule has 204 valence electrons. The first kappa shape index (κ1) is 32.7. The van der Waals surface area contributed by atoms with Crippen LogP contribution in [0.5, 0.6) is 0 Å². The summed E-state index contributed by atoms with van der Waals surface area (Å²) in [5, 5.41) is 0. The number of nitrogens with one attached hydrogen (secondary N) is 1. The summed E-state index contributed by atoms with van der Waals surface area (Å²) in [6.07, 6.45) is -0.869. The Bertz CT molecular complexity index is 1110. The molecule has 2 fully saturated rings. The first-order chi connectivity index (χ1) is 16.3. The second-order valence-corrected chi connectivity index (χ2v) is 15.2. The third-order valence-electron chi connectivity index (χ3n) is 5.40. The molecule has 1 aromatic heterocycles. The van der Waals surface area contributed by atoms with E-state index in [1.54, 1.807) is 6.66 Å². The van der Waals surface area contributed by atoms with Crippen molar-refractivity contribution in [2.24, 2.45) is 0 Å². The summed E-state index contributed by atoms with van der Waals surface area (Å²) in [5.41, 5.74) is -1.06. The molecule has 2 radical (unpaired) electrons. The number of rotatable bonds is 11. The van der Waals surface area contributed by atoms with Gasteiger partial charge in [-0.15, -0.1) is 5.56 Å². The minimum absolute atomic E-state index is 0. The van der Waals surface area contributed by atoms with Gasteiger partial charge in [-0.1, -0.05) is 28.8 Å². The topological polar surface area (TPSA) is 127 Å². The van der Waals surface area contributed by atoms with E-state index < -0.39 is 62.0 Å². The SMILES string of the molecule is [B]C1CC(OP(C)(=S)OCC)C(COP(C)(=O)OC2CC(n3cc([CH2-])c(=O)[nH]c3=O)OC2CI)O1.[Fe]. The normalized spacial score (nSPS) is 31.4. The van der Waals surface area contributed by atoms with Crippen LogP contribution in [0.4, 0.5) is 0 Å². The summed E-state index contributed by atoms with van der Waals surface area (Å²) in [6.45, 7) is 6.41. The van der Waals surface area contributed by atoms with Crippen molar-refractivity contribution < 1.29 is 49.2 Å². The van der Waals surface area contributed by atoms with Gasteiger partial charge in [-0.25, -0.2) is 4.79 Å². The van der Waals surface area contributed by atoms with Crippen LogP contribution in [0.2, 0.25) is 0 Å². The van der Waals surface area contributed by atoms with Gasteiger partial charge in [-0.3, -0.25) is 4.57 Å². The molecule has 0 aromatic carbocycles. The van der Waals surface area contributed by atoms with Gasteiger partial charge in [0.25, 0.3) is 0 Å². The predicted octanol–water partition coefficient (Wildman–Crippen LogP) is 2.31. The zero-order valence-electron chi connectivity index (χ0n) is 20.0. The minimum Gasteiger partial charge on any atom is -0.380 e. The summed E-state index contributed by atoms with van der Waals surface area (Å²) >= 11 is 7.53. The number of aromatic amines is 1. The van der Waals surface area contributed by atoms with Crippen LogP contribution in [-0.4, -0.2) is 78.8 Å². The molecule has 0 aliphatic carbocycles. The molecular weight excluding hydrogens is 688 g/mol. The molecule has 3 heterocycles. The smallest absolute Gasteiger partial charge is 0.328 e. The Balaban J connectivity index is 0.00000456. The first-order valence-electron chi connectivity index (χ1n) is 10.9. The van der Waals surface area contributed by atoms with Crippen LogP contribution in [0.25, 0.3) is 0 Å². The molecule has 0 spiro atoms. The number of hydrogen-bond acceptors (Lipinski definition) is 10. The van der Waals surface area contributed by atoms with E-state index in [9.17, 15) is 14.2 Å². The van der Waals surface area contributed by atoms with E-state index in [4.69, 9.17) is 47.2 Å². The summed E-state index contributed by atoms with van der Waals surface area (Å²) in [4.78, 5) is 26.1. The number of H-pyrrole nitrogens is 1. The van der Waals surface area contributed by atoms with Gasteiger partial charge in [-0.2, -0.15) is 6.92 Å². The third-order valence-corrected chi connectivity index (χ3v) is 9.50. The minimum atomic E-state index is -3.57. The number of ether oxygens (including phenoxy) is 2. The Morgan fingerprint density at radius 3 is 2.53 bits per heavy atom. The maximum Gasteiger partial charge on any atom is 0.328 e. The van der Waals surface area contributed by atoms with Gasteiger partial charge in [0, 0.05) is 47.3 Å². The average molecular weight is 717 g/mol. The molecular formula is C19H29BFeIN2O9P2S-. The Kier molecular flexibility index (Phi) is 12.5. The number of hydrogen-bond donors (Lipinski definition) is 1. The van der Waals surface area contributed by atoms with Gasteiger partial charge < -0.3 is 41.9 Å². The van der Waals surface area contributed by atoms with Crippen LogP contribution in [0.15, 0.2) is 15.8 Å². The van der Waals surface area contributed by atoms with Crippen molar-refractivity contribution in [2.45, 2.75) is 56.4 Å². The summed E-state index contributed by atoms with van der Waals surface area (Å²) in [6, 6.07) is -0.566. The van der Waals surface area contributed by atoms with Crippen LogP contribution in [0, 0.1) is 6.92 Å². The molecule has 2 aliphatic heterocycles. The van der Waals surface area contributed by atoms with Gasteiger partial charge in [0.15, 0.2) is 6.49 Å². The van der Waals surface area contributed by atoms with Crippen LogP contribution in [0.3, 0.4) is 0 Å². The number of alkyl halides is 1. The number of halogens is 1. The van der Waals surface area contributed by atoms with Crippen molar-refractivity contribution >= 4 is 56.3 Å². The predicted molar refractivity (Wildman–Crippen MR) is 143 cm³/mol. The fraction of sp³-hybridized carbons (Fsp3) is 0.737. The Morgan fingerprint density at radius 2 is 1.89 bits per heavy atom. The number of aromatic nitrogens is 2. The summed E-state index contributed by atoms with van der Waals surface area (Å²) < 4.78 is 49.5. The number of nitrogens with zero attached hydrogens (tertiary/aromatic N) is 1. The largest absolute Gasteiger partial charge is 0.380 e. The second kappa shape index (κ2) is 13.7. The molecule has 36 heavy (non-hydrogen) atoms. The van der Waals surface area contributed by atoms with Crippen LogP contribution in [0.1, 0.15) is 31.6 Å². The van der Waals surface area contributed by atoms with Gasteiger partial charge in [-0.05, 0) is 25.2 Å². The monoisotopic (exact) mass is 717 g/mol. The third kappa shape index (κ3) is 8.76. The zero-order valence-corrected chi connectivity index (χ0v) is 25.9. The standard InChI is InChI=1S/C19H29BIN2O9P2S.Fe/c1-5-27-34(4,35)32-12-6-16(20)29-15(12)10-28-33(3,26)31-13-7-17(30-14(13)8-21)23-9-11(2)18(24)22-19(23)25;/h9,12-17H,2,5-8,10H2,1,3-4H3,(H,22,24,25);/q-1;. The molecule has 3 rings (SSSR count). The van der Waals surface area contributed by atoms with E-state index in [0.29, 0.717) is 17.5 Å². The van der Waals surface area contributed by atoms with E-state index in [1.165, 1.54) is 17.4 Å². The van der Waals surface area contributed by atoms with Crippen molar-refractivity contribution in [1.29, 1.82) is 0 Å². The molecule has 8 atom stereocenters. The van der Waals surface area contributed by atoms with E-state index in [2.05, 4.69) is 34.5 Å². The molecule has 1 aromatic rings.